The molecule has 1 amide bonds. The molecule has 2 fully saturated rings. The highest BCUT2D eigenvalue weighted by molar-refractivity contribution is 5.96. The van der Waals surface area contributed by atoms with Crippen LogP contribution in [0, 0.1) is 25.6 Å². The number of halogens is 1. The van der Waals surface area contributed by atoms with Gasteiger partial charge in [-0.15, -0.1) is 0 Å². The molecule has 6 rings (SSSR count). The van der Waals surface area contributed by atoms with E-state index in [-0.39, 0.29) is 11.7 Å². The second kappa shape index (κ2) is 10.7. The number of hydrogen-bond acceptors (Lipinski definition) is 5. The van der Waals surface area contributed by atoms with Gasteiger partial charge < -0.3 is 20.1 Å². The first-order chi connectivity index (χ1) is 18.9. The number of rotatable bonds is 8. The minimum absolute atomic E-state index is 0.0298. The van der Waals surface area contributed by atoms with Gasteiger partial charge in [0.05, 0.1) is 11.2 Å². The minimum Gasteiger partial charge on any atom is -0.457 e. The minimum atomic E-state index is -0.346. The van der Waals surface area contributed by atoms with Crippen LogP contribution in [0.4, 0.5) is 10.1 Å². The number of imidazole rings is 1. The van der Waals surface area contributed by atoms with Crippen LogP contribution in [0.2, 0.25) is 0 Å². The lowest BCUT2D eigenvalue weighted by Gasteiger charge is -2.23. The maximum atomic E-state index is 14.0. The summed E-state index contributed by atoms with van der Waals surface area (Å²) in [6.07, 6.45) is 5.93. The van der Waals surface area contributed by atoms with E-state index in [2.05, 4.69) is 10.6 Å². The Labute approximate surface area is 227 Å². The molecule has 1 aliphatic heterocycles. The number of aryl methyl sites for hydroxylation is 2. The first-order valence-corrected chi connectivity index (χ1v) is 13.6. The molecule has 2 N–H and O–H groups in total. The topological polar surface area (TPSA) is 77.4 Å². The van der Waals surface area contributed by atoms with Crippen LogP contribution in [-0.4, -0.2) is 41.3 Å². The molecule has 2 heterocycles. The van der Waals surface area contributed by atoms with Crippen molar-refractivity contribution in [1.82, 2.24) is 14.9 Å². The van der Waals surface area contributed by atoms with E-state index in [1.54, 1.807) is 12.4 Å². The second-order valence-corrected chi connectivity index (χ2v) is 10.6. The van der Waals surface area contributed by atoms with Crippen LogP contribution < -0.4 is 15.4 Å². The van der Waals surface area contributed by atoms with Crippen molar-refractivity contribution in [2.45, 2.75) is 45.6 Å². The predicted octanol–water partition coefficient (Wildman–Crippen LogP) is 6.30. The molecule has 0 radical (unpaired) electrons. The lowest BCUT2D eigenvalue weighted by molar-refractivity contribution is 0.0699. The number of fused-ring (bicyclic) bond motifs is 1. The summed E-state index contributed by atoms with van der Waals surface area (Å²) >= 11 is 0. The fourth-order valence-electron chi connectivity index (χ4n) is 5.05. The first-order valence-electron chi connectivity index (χ1n) is 13.6. The molecule has 0 unspecified atom stereocenters. The molecule has 3 aromatic carbocycles. The van der Waals surface area contributed by atoms with Gasteiger partial charge in [0.15, 0.2) is 0 Å². The molecule has 0 atom stereocenters. The van der Waals surface area contributed by atoms with Gasteiger partial charge >= 0.3 is 0 Å². The summed E-state index contributed by atoms with van der Waals surface area (Å²) in [5.41, 5.74) is 5.85. The smallest absolute Gasteiger partial charge is 0.251 e. The number of benzene rings is 3. The van der Waals surface area contributed by atoms with Crippen LogP contribution in [0.1, 0.15) is 47.2 Å². The number of hydrogen-bond donors (Lipinski definition) is 2. The third kappa shape index (κ3) is 5.61. The maximum absolute atomic E-state index is 14.0. The van der Waals surface area contributed by atoms with E-state index in [1.165, 1.54) is 12.1 Å². The Morgan fingerprint density at radius 2 is 1.87 bits per heavy atom. The highest BCUT2D eigenvalue weighted by atomic mass is 19.1. The lowest BCUT2D eigenvalue weighted by atomic mass is 10.0. The van der Waals surface area contributed by atoms with E-state index in [0.717, 1.165) is 79.0 Å². The van der Waals surface area contributed by atoms with Gasteiger partial charge in [0.25, 0.3) is 5.91 Å². The standard InChI is InChI=1S/C31H33FN4O3/c1-19-3-4-22(32)14-29(19)39-25-15-27(33-17-21-9-11-38-12-10-21)30-28(16-25)36(18-34-30)24-7-8-26(20(2)13-24)31(37)35-23-5-6-23/h3-4,7-8,13-16,18,21,23,33H,5-6,9-12,17H2,1-2H3,(H,35,37). The van der Waals surface area contributed by atoms with Crippen LogP contribution in [0.5, 0.6) is 11.5 Å². The average molecular weight is 529 g/mol. The summed E-state index contributed by atoms with van der Waals surface area (Å²) in [4.78, 5) is 17.4. The molecule has 4 aromatic rings. The number of nitrogens with one attached hydrogen (secondary N) is 2. The van der Waals surface area contributed by atoms with Crippen molar-refractivity contribution < 1.29 is 18.7 Å². The largest absolute Gasteiger partial charge is 0.457 e. The quantitative estimate of drug-likeness (QED) is 0.281. The zero-order valence-electron chi connectivity index (χ0n) is 22.3. The molecule has 2 aliphatic rings. The lowest BCUT2D eigenvalue weighted by Crippen LogP contribution is -2.26. The van der Waals surface area contributed by atoms with E-state index >= 15 is 0 Å². The van der Waals surface area contributed by atoms with Gasteiger partial charge in [-0.1, -0.05) is 6.07 Å². The summed E-state index contributed by atoms with van der Waals surface area (Å²) in [5.74, 6) is 1.20. The highest BCUT2D eigenvalue weighted by Crippen LogP contribution is 2.35. The molecular weight excluding hydrogens is 495 g/mol. The van der Waals surface area contributed by atoms with Crippen LogP contribution in [0.15, 0.2) is 54.9 Å². The monoisotopic (exact) mass is 528 g/mol. The SMILES string of the molecule is Cc1ccc(F)cc1Oc1cc(NCC2CCOCC2)c2ncn(-c3ccc(C(=O)NC4CC4)c(C)c3)c2c1. The molecular formula is C31H33FN4O3. The molecule has 0 spiro atoms. The number of carbonyl (C=O) groups excluding carboxylic acids is 1. The van der Waals surface area contributed by atoms with Crippen molar-refractivity contribution in [1.29, 1.82) is 0 Å². The Hall–Kier alpha value is -3.91. The normalized spacial score (nSPS) is 15.9. The molecule has 0 bridgehead atoms. The fourth-order valence-corrected chi connectivity index (χ4v) is 5.05. The van der Waals surface area contributed by atoms with E-state index in [0.29, 0.717) is 29.0 Å². The molecule has 1 aromatic heterocycles. The van der Waals surface area contributed by atoms with Gasteiger partial charge in [0.1, 0.15) is 29.2 Å². The summed E-state index contributed by atoms with van der Waals surface area (Å²) in [6.45, 7) is 6.22. The van der Waals surface area contributed by atoms with Gasteiger partial charge in [-0.05, 0) is 80.8 Å². The number of nitrogens with zero attached hydrogens (tertiary/aromatic N) is 2. The molecule has 39 heavy (non-hydrogen) atoms. The Morgan fingerprint density at radius 1 is 1.05 bits per heavy atom. The summed E-state index contributed by atoms with van der Waals surface area (Å²) in [5, 5.41) is 6.66. The molecule has 7 nitrogen and oxygen atoms in total. The van der Waals surface area contributed by atoms with Crippen molar-refractivity contribution >= 4 is 22.6 Å². The van der Waals surface area contributed by atoms with Gasteiger partial charge in [-0.25, -0.2) is 9.37 Å². The van der Waals surface area contributed by atoms with Crippen LogP contribution >= 0.6 is 0 Å². The Kier molecular flexibility index (Phi) is 6.95. The van der Waals surface area contributed by atoms with E-state index in [4.69, 9.17) is 14.5 Å². The van der Waals surface area contributed by atoms with Crippen molar-refractivity contribution in [3.8, 4) is 17.2 Å². The van der Waals surface area contributed by atoms with Crippen molar-refractivity contribution in [3.05, 3.63) is 77.4 Å². The maximum Gasteiger partial charge on any atom is 0.251 e. The van der Waals surface area contributed by atoms with Crippen LogP contribution in [0.3, 0.4) is 0 Å². The zero-order valence-corrected chi connectivity index (χ0v) is 22.3. The number of carbonyl (C=O) groups is 1. The van der Waals surface area contributed by atoms with Gasteiger partial charge in [0.2, 0.25) is 0 Å². The third-order valence-corrected chi connectivity index (χ3v) is 7.57. The van der Waals surface area contributed by atoms with Gasteiger partial charge in [0, 0.05) is 55.3 Å². The number of amides is 1. The van der Waals surface area contributed by atoms with E-state index < -0.39 is 0 Å². The van der Waals surface area contributed by atoms with E-state index in [1.807, 2.05) is 48.7 Å². The van der Waals surface area contributed by atoms with E-state index in [9.17, 15) is 9.18 Å². The zero-order chi connectivity index (χ0) is 26.9. The first kappa shape index (κ1) is 25.4. The molecule has 1 saturated heterocycles. The predicted molar refractivity (Wildman–Crippen MR) is 150 cm³/mol. The summed E-state index contributed by atoms with van der Waals surface area (Å²) < 4.78 is 27.7. The Morgan fingerprint density at radius 3 is 2.64 bits per heavy atom. The summed E-state index contributed by atoms with van der Waals surface area (Å²) in [7, 11) is 0. The Bertz CT molecular complexity index is 1520. The third-order valence-electron chi connectivity index (χ3n) is 7.57. The highest BCUT2D eigenvalue weighted by Gasteiger charge is 2.24. The van der Waals surface area contributed by atoms with Gasteiger partial charge in [-0.2, -0.15) is 0 Å². The second-order valence-electron chi connectivity index (χ2n) is 10.6. The molecule has 8 heteroatoms. The van der Waals surface area contributed by atoms with Crippen molar-refractivity contribution in [3.63, 3.8) is 0 Å². The molecule has 202 valence electrons. The molecule has 1 saturated carbocycles. The van der Waals surface area contributed by atoms with Crippen LogP contribution in [-0.2, 0) is 4.74 Å². The summed E-state index contributed by atoms with van der Waals surface area (Å²) in [6, 6.07) is 14.5. The van der Waals surface area contributed by atoms with Gasteiger partial charge in [-0.3, -0.25) is 9.36 Å². The van der Waals surface area contributed by atoms with Crippen LogP contribution in [0.25, 0.3) is 16.7 Å². The number of aromatic nitrogens is 2. The van der Waals surface area contributed by atoms with Crippen molar-refractivity contribution in [2.75, 3.05) is 25.1 Å². The number of anilines is 1. The number of ether oxygens (including phenoxy) is 2. The van der Waals surface area contributed by atoms with Crippen molar-refractivity contribution in [2.24, 2.45) is 5.92 Å². The average Bonchev–Trinajstić information content (AvgIpc) is 3.64. The molecule has 1 aliphatic carbocycles. The Balaban J connectivity index is 1.36. The fraction of sp³-hybridized carbons (Fsp3) is 0.355.